The van der Waals surface area contributed by atoms with Crippen molar-refractivity contribution in [2.45, 2.75) is 25.3 Å². The average Bonchev–Trinajstić information content (AvgIpc) is 3.08. The van der Waals surface area contributed by atoms with Gasteiger partial charge in [-0.05, 0) is 59.1 Å². The first-order valence-corrected chi connectivity index (χ1v) is 9.65. The normalized spacial score (nSPS) is 20.9. The molecule has 4 rings (SSSR count). The molecule has 7 heteroatoms. The zero-order valence-electron chi connectivity index (χ0n) is 16.4. The standard InChI is InChI=1S/C20H28N6O/c1-16-17(14-22-26(16)18-6-4-5-9-21-18)19(27)25-13-12-24(3)20(15-25)7-10-23(2)11-8-20/h4-6,9,14H,7-8,10-13,15H2,1-3H3. The number of piperidine rings is 1. The lowest BCUT2D eigenvalue weighted by molar-refractivity contribution is -0.0170. The number of pyridine rings is 1. The van der Waals surface area contributed by atoms with E-state index in [2.05, 4.69) is 34.0 Å². The summed E-state index contributed by atoms with van der Waals surface area (Å²) in [6, 6.07) is 5.70. The molecule has 0 aliphatic carbocycles. The van der Waals surface area contributed by atoms with Crippen LogP contribution in [0.2, 0.25) is 0 Å². The Kier molecular flexibility index (Phi) is 4.74. The number of hydrogen-bond acceptors (Lipinski definition) is 5. The third-order valence-electron chi connectivity index (χ3n) is 6.31. The van der Waals surface area contributed by atoms with E-state index in [0.29, 0.717) is 5.56 Å². The lowest BCUT2D eigenvalue weighted by Gasteiger charge is -2.52. The molecule has 2 aliphatic rings. The van der Waals surface area contributed by atoms with Gasteiger partial charge in [0.25, 0.3) is 5.91 Å². The Morgan fingerprint density at radius 1 is 1.11 bits per heavy atom. The molecule has 2 aromatic heterocycles. The van der Waals surface area contributed by atoms with Gasteiger partial charge in [0.05, 0.1) is 17.5 Å². The quantitative estimate of drug-likeness (QED) is 0.803. The summed E-state index contributed by atoms with van der Waals surface area (Å²) in [5.41, 5.74) is 1.62. The molecule has 144 valence electrons. The summed E-state index contributed by atoms with van der Waals surface area (Å²) in [5.74, 6) is 0.820. The molecule has 0 saturated carbocycles. The van der Waals surface area contributed by atoms with Crippen LogP contribution in [0.4, 0.5) is 0 Å². The predicted octanol–water partition coefficient (Wildman–Crippen LogP) is 1.43. The third kappa shape index (κ3) is 3.26. The van der Waals surface area contributed by atoms with Crippen LogP contribution in [0.5, 0.6) is 0 Å². The van der Waals surface area contributed by atoms with Gasteiger partial charge in [0.2, 0.25) is 0 Å². The minimum Gasteiger partial charge on any atom is -0.335 e. The van der Waals surface area contributed by atoms with E-state index >= 15 is 0 Å². The summed E-state index contributed by atoms with van der Waals surface area (Å²) in [6.07, 6.45) is 5.64. The molecule has 0 aromatic carbocycles. The maximum absolute atomic E-state index is 13.3. The molecule has 0 bridgehead atoms. The van der Waals surface area contributed by atoms with Crippen molar-refractivity contribution >= 4 is 5.91 Å². The Morgan fingerprint density at radius 3 is 2.59 bits per heavy atom. The summed E-state index contributed by atoms with van der Waals surface area (Å²) in [5, 5.41) is 4.42. The van der Waals surface area contributed by atoms with Crippen LogP contribution >= 0.6 is 0 Å². The van der Waals surface area contributed by atoms with Crippen molar-refractivity contribution in [3.8, 4) is 5.82 Å². The first-order valence-electron chi connectivity index (χ1n) is 9.65. The smallest absolute Gasteiger partial charge is 0.257 e. The van der Waals surface area contributed by atoms with Gasteiger partial charge in [-0.1, -0.05) is 6.07 Å². The highest BCUT2D eigenvalue weighted by Crippen LogP contribution is 2.32. The first kappa shape index (κ1) is 18.1. The number of likely N-dealkylation sites (tertiary alicyclic amines) is 1. The fourth-order valence-electron chi connectivity index (χ4n) is 4.31. The van der Waals surface area contributed by atoms with Crippen molar-refractivity contribution in [2.75, 3.05) is 46.8 Å². The van der Waals surface area contributed by atoms with E-state index in [9.17, 15) is 4.79 Å². The number of piperazine rings is 1. The van der Waals surface area contributed by atoms with Gasteiger partial charge in [0.1, 0.15) is 0 Å². The number of hydrogen-bond donors (Lipinski definition) is 0. The highest BCUT2D eigenvalue weighted by atomic mass is 16.2. The van der Waals surface area contributed by atoms with Gasteiger partial charge >= 0.3 is 0 Å². The van der Waals surface area contributed by atoms with Crippen LogP contribution < -0.4 is 0 Å². The van der Waals surface area contributed by atoms with Crippen LogP contribution in [-0.4, -0.2) is 87.7 Å². The van der Waals surface area contributed by atoms with Gasteiger partial charge in [-0.25, -0.2) is 9.67 Å². The molecule has 0 unspecified atom stereocenters. The fourth-order valence-corrected chi connectivity index (χ4v) is 4.31. The van der Waals surface area contributed by atoms with E-state index in [1.165, 1.54) is 0 Å². The van der Waals surface area contributed by atoms with E-state index in [1.807, 2.05) is 30.0 Å². The number of likely N-dealkylation sites (N-methyl/N-ethyl adjacent to an activating group) is 1. The number of aromatic nitrogens is 3. The maximum atomic E-state index is 13.3. The molecule has 7 nitrogen and oxygen atoms in total. The van der Waals surface area contributed by atoms with Crippen LogP contribution in [0.3, 0.4) is 0 Å². The van der Waals surface area contributed by atoms with Gasteiger partial charge in [0, 0.05) is 31.4 Å². The van der Waals surface area contributed by atoms with Gasteiger partial charge in [0.15, 0.2) is 5.82 Å². The Labute approximate surface area is 160 Å². The molecule has 0 atom stereocenters. The van der Waals surface area contributed by atoms with Crippen molar-refractivity contribution in [3.05, 3.63) is 41.9 Å². The van der Waals surface area contributed by atoms with Gasteiger partial charge in [-0.2, -0.15) is 5.10 Å². The largest absolute Gasteiger partial charge is 0.335 e. The zero-order chi connectivity index (χ0) is 19.0. The van der Waals surface area contributed by atoms with Crippen LogP contribution in [-0.2, 0) is 0 Å². The summed E-state index contributed by atoms with van der Waals surface area (Å²) in [4.78, 5) is 24.5. The number of rotatable bonds is 2. The zero-order valence-corrected chi connectivity index (χ0v) is 16.4. The van der Waals surface area contributed by atoms with Crippen molar-refractivity contribution in [3.63, 3.8) is 0 Å². The molecule has 1 amide bonds. The molecule has 4 heterocycles. The Morgan fingerprint density at radius 2 is 1.89 bits per heavy atom. The van der Waals surface area contributed by atoms with Crippen molar-refractivity contribution in [1.82, 2.24) is 29.5 Å². The minimum absolute atomic E-state index is 0.0843. The molecule has 2 aromatic rings. The second-order valence-electron chi connectivity index (χ2n) is 7.92. The molecule has 2 aliphatic heterocycles. The maximum Gasteiger partial charge on any atom is 0.257 e. The third-order valence-corrected chi connectivity index (χ3v) is 6.31. The van der Waals surface area contributed by atoms with Gasteiger partial charge in [-0.3, -0.25) is 9.69 Å². The number of carbonyl (C=O) groups is 1. The summed E-state index contributed by atoms with van der Waals surface area (Å²) >= 11 is 0. The Bertz CT molecular complexity index is 809. The molecule has 2 saturated heterocycles. The molecule has 0 N–H and O–H groups in total. The first-order chi connectivity index (χ1) is 13.0. The van der Waals surface area contributed by atoms with E-state index in [1.54, 1.807) is 17.1 Å². The molecule has 0 radical (unpaired) electrons. The van der Waals surface area contributed by atoms with E-state index in [-0.39, 0.29) is 11.4 Å². The predicted molar refractivity (Wildman–Crippen MR) is 104 cm³/mol. The number of carbonyl (C=O) groups excluding carboxylic acids is 1. The van der Waals surface area contributed by atoms with Crippen LogP contribution in [0.25, 0.3) is 5.82 Å². The van der Waals surface area contributed by atoms with Crippen LogP contribution in [0.1, 0.15) is 28.9 Å². The van der Waals surface area contributed by atoms with E-state index < -0.39 is 0 Å². The molecule has 1 spiro atoms. The highest BCUT2D eigenvalue weighted by Gasteiger charge is 2.43. The summed E-state index contributed by atoms with van der Waals surface area (Å²) in [7, 11) is 4.38. The van der Waals surface area contributed by atoms with E-state index in [0.717, 1.165) is 57.1 Å². The SMILES string of the molecule is Cc1c(C(=O)N2CCN(C)C3(CCN(C)CC3)C2)cnn1-c1ccccn1. The number of nitrogens with zero attached hydrogens (tertiary/aromatic N) is 6. The topological polar surface area (TPSA) is 57.5 Å². The minimum atomic E-state index is 0.0843. The monoisotopic (exact) mass is 368 g/mol. The second-order valence-corrected chi connectivity index (χ2v) is 7.92. The molecule has 27 heavy (non-hydrogen) atoms. The van der Waals surface area contributed by atoms with Gasteiger partial charge < -0.3 is 9.80 Å². The van der Waals surface area contributed by atoms with Crippen molar-refractivity contribution in [2.24, 2.45) is 0 Å². The average molecular weight is 368 g/mol. The lowest BCUT2D eigenvalue weighted by Crippen LogP contribution is -2.65. The lowest BCUT2D eigenvalue weighted by atomic mass is 9.83. The van der Waals surface area contributed by atoms with Crippen molar-refractivity contribution < 1.29 is 4.79 Å². The Hall–Kier alpha value is -2.25. The molecular formula is C20H28N6O. The van der Waals surface area contributed by atoms with Crippen LogP contribution in [0.15, 0.2) is 30.6 Å². The highest BCUT2D eigenvalue weighted by molar-refractivity contribution is 5.95. The van der Waals surface area contributed by atoms with Crippen molar-refractivity contribution in [1.29, 1.82) is 0 Å². The molecule has 2 fully saturated rings. The molecular weight excluding hydrogens is 340 g/mol. The van der Waals surface area contributed by atoms with Gasteiger partial charge in [-0.15, -0.1) is 0 Å². The number of amides is 1. The summed E-state index contributed by atoms with van der Waals surface area (Å²) < 4.78 is 1.74. The van der Waals surface area contributed by atoms with E-state index in [4.69, 9.17) is 0 Å². The summed E-state index contributed by atoms with van der Waals surface area (Å²) in [6.45, 7) is 6.59. The fraction of sp³-hybridized carbons (Fsp3) is 0.550. The Balaban J connectivity index is 1.56. The van der Waals surface area contributed by atoms with Crippen LogP contribution in [0, 0.1) is 6.92 Å². The second kappa shape index (κ2) is 7.05.